The summed E-state index contributed by atoms with van der Waals surface area (Å²) < 4.78 is 2.44. The lowest BCUT2D eigenvalue weighted by atomic mass is 9.95. The Morgan fingerprint density at radius 1 is 1.08 bits per heavy atom. The second-order valence-electron chi connectivity index (χ2n) is 7.23. The van der Waals surface area contributed by atoms with Crippen LogP contribution in [0.15, 0.2) is 5.16 Å². The van der Waals surface area contributed by atoms with E-state index in [4.69, 9.17) is 10.7 Å². The van der Waals surface area contributed by atoms with Crippen molar-refractivity contribution in [2.45, 2.75) is 69.3 Å². The number of imidazole rings is 1. The van der Waals surface area contributed by atoms with Crippen LogP contribution in [0.3, 0.4) is 0 Å². The topological polar surface area (TPSA) is 85.8 Å². The van der Waals surface area contributed by atoms with Gasteiger partial charge in [0.1, 0.15) is 5.82 Å². The fourth-order valence-electron chi connectivity index (χ4n) is 3.44. The van der Waals surface area contributed by atoms with Gasteiger partial charge in [0.15, 0.2) is 5.16 Å². The Kier molecular flexibility index (Phi) is 5.70. The van der Waals surface area contributed by atoms with Crippen LogP contribution in [0.25, 0.3) is 0 Å². The molecule has 1 saturated carbocycles. The molecule has 142 valence electrons. The first-order valence-electron chi connectivity index (χ1n) is 9.27. The third kappa shape index (κ3) is 3.95. The molecule has 0 saturated heterocycles. The van der Waals surface area contributed by atoms with Crippen LogP contribution in [0.5, 0.6) is 0 Å². The van der Waals surface area contributed by atoms with Crippen molar-refractivity contribution in [1.82, 2.24) is 24.5 Å². The standard InChI is InChI=1S/C18H29N7S/c1-11-12(2)25(14-9-7-6-8-10-14)18(20-11)26-13(3)15-21-16(19)23-17(22-15)24(4)5/h13-14H,6-10H2,1-5H3,(H2,19,21,22,23). The number of nitrogen functional groups attached to an aromatic ring is 1. The van der Waals surface area contributed by atoms with Gasteiger partial charge in [-0.1, -0.05) is 31.0 Å². The fourth-order valence-corrected chi connectivity index (χ4v) is 4.55. The predicted octanol–water partition coefficient (Wildman–Crippen LogP) is 3.69. The van der Waals surface area contributed by atoms with E-state index in [0.29, 0.717) is 17.8 Å². The molecule has 1 unspecified atom stereocenters. The summed E-state index contributed by atoms with van der Waals surface area (Å²) >= 11 is 1.71. The minimum Gasteiger partial charge on any atom is -0.368 e. The maximum Gasteiger partial charge on any atom is 0.229 e. The van der Waals surface area contributed by atoms with E-state index in [1.54, 1.807) is 11.8 Å². The minimum absolute atomic E-state index is 0.0440. The lowest BCUT2D eigenvalue weighted by Crippen LogP contribution is -2.17. The molecule has 0 bridgehead atoms. The zero-order valence-electron chi connectivity index (χ0n) is 16.4. The van der Waals surface area contributed by atoms with Crippen molar-refractivity contribution in [2.75, 3.05) is 24.7 Å². The zero-order valence-corrected chi connectivity index (χ0v) is 17.2. The Morgan fingerprint density at radius 3 is 2.42 bits per heavy atom. The van der Waals surface area contributed by atoms with Crippen LogP contribution < -0.4 is 10.6 Å². The molecule has 0 aromatic carbocycles. The van der Waals surface area contributed by atoms with E-state index in [-0.39, 0.29) is 11.2 Å². The molecule has 1 atom stereocenters. The predicted molar refractivity (Wildman–Crippen MR) is 107 cm³/mol. The van der Waals surface area contributed by atoms with Crippen LogP contribution in [0, 0.1) is 13.8 Å². The van der Waals surface area contributed by atoms with Crippen molar-refractivity contribution in [3.63, 3.8) is 0 Å². The monoisotopic (exact) mass is 375 g/mol. The van der Waals surface area contributed by atoms with Crippen LogP contribution in [-0.2, 0) is 0 Å². The van der Waals surface area contributed by atoms with Crippen molar-refractivity contribution < 1.29 is 0 Å². The highest BCUT2D eigenvalue weighted by atomic mass is 32.2. The van der Waals surface area contributed by atoms with Crippen LogP contribution >= 0.6 is 11.8 Å². The molecule has 2 N–H and O–H groups in total. The Labute approximate surface area is 159 Å². The van der Waals surface area contributed by atoms with Gasteiger partial charge < -0.3 is 15.2 Å². The maximum atomic E-state index is 5.88. The van der Waals surface area contributed by atoms with Crippen molar-refractivity contribution in [2.24, 2.45) is 0 Å². The molecule has 7 nitrogen and oxygen atoms in total. The number of hydrogen-bond acceptors (Lipinski definition) is 7. The van der Waals surface area contributed by atoms with Gasteiger partial charge in [0.2, 0.25) is 11.9 Å². The van der Waals surface area contributed by atoms with Crippen LogP contribution in [-0.4, -0.2) is 38.6 Å². The number of nitrogens with two attached hydrogens (primary N) is 1. The summed E-state index contributed by atoms with van der Waals surface area (Å²) in [5.41, 5.74) is 8.26. The van der Waals surface area contributed by atoms with E-state index in [1.807, 2.05) is 19.0 Å². The minimum atomic E-state index is 0.0440. The van der Waals surface area contributed by atoms with E-state index in [9.17, 15) is 0 Å². The Bertz CT molecular complexity index is 765. The van der Waals surface area contributed by atoms with Gasteiger partial charge in [-0.05, 0) is 33.6 Å². The lowest BCUT2D eigenvalue weighted by Gasteiger charge is -2.26. The third-order valence-electron chi connectivity index (χ3n) is 5.00. The highest BCUT2D eigenvalue weighted by Gasteiger charge is 2.24. The Hall–Kier alpha value is -1.83. The molecule has 2 aromatic heterocycles. The van der Waals surface area contributed by atoms with Crippen molar-refractivity contribution in [3.8, 4) is 0 Å². The molecule has 1 fully saturated rings. The Balaban J connectivity index is 1.88. The third-order valence-corrected chi connectivity index (χ3v) is 6.06. The van der Waals surface area contributed by atoms with Crippen LogP contribution in [0.2, 0.25) is 0 Å². The van der Waals surface area contributed by atoms with Gasteiger partial charge in [-0.15, -0.1) is 0 Å². The van der Waals surface area contributed by atoms with Gasteiger partial charge in [-0.25, -0.2) is 4.98 Å². The molecule has 0 aliphatic heterocycles. The number of aryl methyl sites for hydroxylation is 1. The normalized spacial score (nSPS) is 16.7. The molecular weight excluding hydrogens is 346 g/mol. The van der Waals surface area contributed by atoms with Crippen molar-refractivity contribution in [1.29, 1.82) is 0 Å². The fraction of sp³-hybridized carbons (Fsp3) is 0.667. The highest BCUT2D eigenvalue weighted by Crippen LogP contribution is 2.39. The number of hydrogen-bond donors (Lipinski definition) is 1. The summed E-state index contributed by atoms with van der Waals surface area (Å²) in [6.07, 6.45) is 6.43. The first kappa shape index (κ1) is 18.9. The summed E-state index contributed by atoms with van der Waals surface area (Å²) in [5, 5.41) is 1.10. The van der Waals surface area contributed by atoms with Crippen molar-refractivity contribution >= 4 is 23.7 Å². The quantitative estimate of drug-likeness (QED) is 0.798. The molecule has 0 spiro atoms. The molecule has 2 aromatic rings. The first-order chi connectivity index (χ1) is 12.4. The largest absolute Gasteiger partial charge is 0.368 e. The average molecular weight is 376 g/mol. The van der Waals surface area contributed by atoms with Crippen LogP contribution in [0.4, 0.5) is 11.9 Å². The number of anilines is 2. The van der Waals surface area contributed by atoms with E-state index in [2.05, 4.69) is 40.3 Å². The molecule has 26 heavy (non-hydrogen) atoms. The molecule has 0 amide bonds. The summed E-state index contributed by atoms with van der Waals surface area (Å²) in [4.78, 5) is 19.8. The number of aromatic nitrogens is 5. The van der Waals surface area contributed by atoms with Gasteiger partial charge in [0.05, 0.1) is 10.9 Å². The lowest BCUT2D eigenvalue weighted by molar-refractivity contribution is 0.332. The van der Waals surface area contributed by atoms with Gasteiger partial charge >= 0.3 is 0 Å². The van der Waals surface area contributed by atoms with Gasteiger partial charge in [-0.3, -0.25) is 0 Å². The second-order valence-corrected chi connectivity index (χ2v) is 8.54. The second kappa shape index (κ2) is 7.82. The SMILES string of the molecule is Cc1nc(SC(C)c2nc(N)nc(N(C)C)n2)n(C2CCCCC2)c1C. The van der Waals surface area contributed by atoms with E-state index in [0.717, 1.165) is 10.9 Å². The van der Waals surface area contributed by atoms with Gasteiger partial charge in [-0.2, -0.15) is 15.0 Å². The first-order valence-corrected chi connectivity index (χ1v) is 10.2. The van der Waals surface area contributed by atoms with E-state index >= 15 is 0 Å². The van der Waals surface area contributed by atoms with Gasteiger partial charge in [0, 0.05) is 25.8 Å². The molecule has 0 radical (unpaired) electrons. The number of rotatable bonds is 5. The maximum absolute atomic E-state index is 5.88. The van der Waals surface area contributed by atoms with Crippen molar-refractivity contribution in [3.05, 3.63) is 17.2 Å². The van der Waals surface area contributed by atoms with Crippen LogP contribution in [0.1, 0.15) is 67.5 Å². The zero-order chi connectivity index (χ0) is 18.8. The summed E-state index contributed by atoms with van der Waals surface area (Å²) in [7, 11) is 3.80. The van der Waals surface area contributed by atoms with Gasteiger partial charge in [0.25, 0.3) is 0 Å². The highest BCUT2D eigenvalue weighted by molar-refractivity contribution is 7.99. The molecule has 1 aliphatic carbocycles. The van der Waals surface area contributed by atoms with E-state index in [1.165, 1.54) is 37.8 Å². The molecule has 8 heteroatoms. The number of nitrogens with zero attached hydrogens (tertiary/aromatic N) is 6. The summed E-state index contributed by atoms with van der Waals surface area (Å²) in [5.74, 6) is 1.54. The molecular formula is C18H29N7S. The summed E-state index contributed by atoms with van der Waals surface area (Å²) in [6, 6.07) is 0.556. The number of thioether (sulfide) groups is 1. The molecule has 1 aliphatic rings. The smallest absolute Gasteiger partial charge is 0.229 e. The van der Waals surface area contributed by atoms with E-state index < -0.39 is 0 Å². The summed E-state index contributed by atoms with van der Waals surface area (Å²) in [6.45, 7) is 6.37. The average Bonchev–Trinajstić information content (AvgIpc) is 2.88. The molecule has 2 heterocycles. The Morgan fingerprint density at radius 2 is 1.77 bits per heavy atom. The molecule has 3 rings (SSSR count).